The molecule has 0 spiro atoms. The Hall–Kier alpha value is -0.280. The van der Waals surface area contributed by atoms with E-state index in [-0.39, 0.29) is 11.9 Å². The quantitative estimate of drug-likeness (QED) is 0.622. The van der Waals surface area contributed by atoms with Crippen molar-refractivity contribution in [3.8, 4) is 0 Å². The van der Waals surface area contributed by atoms with Crippen LogP contribution in [0.4, 0.5) is 0 Å². The van der Waals surface area contributed by atoms with Gasteiger partial charge in [-0.1, -0.05) is 0 Å². The van der Waals surface area contributed by atoms with E-state index in [2.05, 4.69) is 10.6 Å². The Morgan fingerprint density at radius 2 is 2.50 bits per heavy atom. The fraction of sp³-hybridized carbons (Fsp3) is 0.875. The van der Waals surface area contributed by atoms with Crippen molar-refractivity contribution in [3.63, 3.8) is 0 Å². The Morgan fingerprint density at radius 3 is 3.00 bits per heavy atom. The van der Waals surface area contributed by atoms with E-state index in [0.29, 0.717) is 0 Å². The number of hydrogen-bond donors (Lipinski definition) is 2. The zero-order valence-corrected chi connectivity index (χ0v) is 8.03. The van der Waals surface area contributed by atoms with Gasteiger partial charge in [0.2, 0.25) is 5.91 Å². The number of carbonyl (C=O) groups excluding carboxylic acids is 1. The van der Waals surface area contributed by atoms with Crippen molar-refractivity contribution in [1.82, 2.24) is 10.6 Å². The van der Waals surface area contributed by atoms with Gasteiger partial charge in [0.25, 0.3) is 0 Å². The number of hydrogen-bond acceptors (Lipinski definition) is 2. The minimum atomic E-state index is -0.424. The lowest BCUT2D eigenvalue weighted by Gasteiger charge is -2.24. The van der Waals surface area contributed by atoms with E-state index in [0.717, 1.165) is 25.9 Å². The zero-order valence-electron chi connectivity index (χ0n) is 7.27. The minimum Gasteiger partial charge on any atom is -0.351 e. The summed E-state index contributed by atoms with van der Waals surface area (Å²) in [4.78, 5) is 11.1. The summed E-state index contributed by atoms with van der Waals surface area (Å²) >= 11 is 5.62. The van der Waals surface area contributed by atoms with Crippen molar-refractivity contribution < 1.29 is 4.79 Å². The largest absolute Gasteiger partial charge is 0.351 e. The number of alkyl halides is 1. The predicted molar refractivity (Wildman–Crippen MR) is 49.3 cm³/mol. The number of piperidine rings is 1. The van der Waals surface area contributed by atoms with Crippen molar-refractivity contribution in [2.75, 3.05) is 13.1 Å². The Labute approximate surface area is 77.9 Å². The molecule has 1 aliphatic heterocycles. The van der Waals surface area contributed by atoms with E-state index in [4.69, 9.17) is 11.6 Å². The van der Waals surface area contributed by atoms with Gasteiger partial charge >= 0.3 is 0 Å². The van der Waals surface area contributed by atoms with Crippen molar-refractivity contribution in [2.24, 2.45) is 0 Å². The van der Waals surface area contributed by atoms with Crippen molar-refractivity contribution >= 4 is 17.5 Å². The molecule has 2 N–H and O–H groups in total. The summed E-state index contributed by atoms with van der Waals surface area (Å²) in [7, 11) is 0. The van der Waals surface area contributed by atoms with Crippen LogP contribution in [0.5, 0.6) is 0 Å². The Bertz CT molecular complexity index is 155. The van der Waals surface area contributed by atoms with Gasteiger partial charge < -0.3 is 10.6 Å². The van der Waals surface area contributed by atoms with Gasteiger partial charge in [0.05, 0.1) is 0 Å². The Kier molecular flexibility index (Phi) is 3.82. The molecule has 0 radical (unpaired) electrons. The first kappa shape index (κ1) is 9.81. The van der Waals surface area contributed by atoms with Crippen molar-refractivity contribution in [1.29, 1.82) is 0 Å². The summed E-state index contributed by atoms with van der Waals surface area (Å²) in [5.74, 6) is -0.0645. The molecule has 70 valence electrons. The zero-order chi connectivity index (χ0) is 8.97. The van der Waals surface area contributed by atoms with Gasteiger partial charge in [0.1, 0.15) is 5.38 Å². The van der Waals surface area contributed by atoms with Crippen LogP contribution in [0, 0.1) is 0 Å². The second kappa shape index (κ2) is 4.67. The summed E-state index contributed by atoms with van der Waals surface area (Å²) in [5.41, 5.74) is 0. The molecule has 4 heteroatoms. The standard InChI is InChI=1S/C8H15ClN2O/c1-6(9)8(12)11-7-3-2-4-10-5-7/h6-7,10H,2-5H2,1H3,(H,11,12). The van der Waals surface area contributed by atoms with Gasteiger partial charge in [-0.25, -0.2) is 0 Å². The Balaban J connectivity index is 2.24. The molecule has 2 atom stereocenters. The van der Waals surface area contributed by atoms with E-state index in [1.807, 2.05) is 0 Å². The third-order valence-corrected chi connectivity index (χ3v) is 2.20. The molecule has 2 unspecified atom stereocenters. The lowest BCUT2D eigenvalue weighted by atomic mass is 10.1. The number of halogens is 1. The van der Waals surface area contributed by atoms with E-state index in [9.17, 15) is 4.79 Å². The van der Waals surface area contributed by atoms with Crippen LogP contribution in [0.2, 0.25) is 0 Å². The van der Waals surface area contributed by atoms with Crippen LogP contribution in [0.1, 0.15) is 19.8 Å². The number of carbonyl (C=O) groups is 1. The molecule has 1 heterocycles. The van der Waals surface area contributed by atoms with Crippen LogP contribution in [0.3, 0.4) is 0 Å². The third-order valence-electron chi connectivity index (χ3n) is 2.00. The maximum atomic E-state index is 11.1. The summed E-state index contributed by atoms with van der Waals surface area (Å²) in [6.07, 6.45) is 2.18. The first-order valence-electron chi connectivity index (χ1n) is 4.35. The molecule has 3 nitrogen and oxygen atoms in total. The lowest BCUT2D eigenvalue weighted by molar-refractivity contribution is -0.121. The molecule has 1 rings (SSSR count). The minimum absolute atomic E-state index is 0.0645. The molecule has 0 bridgehead atoms. The van der Waals surface area contributed by atoms with Gasteiger partial charge in [0, 0.05) is 12.6 Å². The van der Waals surface area contributed by atoms with Crippen LogP contribution in [0.25, 0.3) is 0 Å². The average Bonchev–Trinajstić information content (AvgIpc) is 2.06. The van der Waals surface area contributed by atoms with Gasteiger partial charge in [-0.2, -0.15) is 0 Å². The number of nitrogens with one attached hydrogen (secondary N) is 2. The van der Waals surface area contributed by atoms with Crippen molar-refractivity contribution in [3.05, 3.63) is 0 Å². The second-order valence-corrected chi connectivity index (χ2v) is 3.82. The smallest absolute Gasteiger partial charge is 0.238 e. The molecular formula is C8H15ClN2O. The maximum absolute atomic E-state index is 11.1. The molecule has 1 saturated heterocycles. The first-order chi connectivity index (χ1) is 5.70. The number of rotatable bonds is 2. The summed E-state index contributed by atoms with van der Waals surface area (Å²) in [5, 5.41) is 5.68. The highest BCUT2D eigenvalue weighted by atomic mass is 35.5. The van der Waals surface area contributed by atoms with Crippen LogP contribution in [-0.4, -0.2) is 30.4 Å². The second-order valence-electron chi connectivity index (χ2n) is 3.17. The number of amides is 1. The molecule has 12 heavy (non-hydrogen) atoms. The molecular weight excluding hydrogens is 176 g/mol. The van der Waals surface area contributed by atoms with Crippen LogP contribution >= 0.6 is 11.6 Å². The van der Waals surface area contributed by atoms with Gasteiger partial charge in [-0.3, -0.25) is 4.79 Å². The topological polar surface area (TPSA) is 41.1 Å². The van der Waals surface area contributed by atoms with E-state index >= 15 is 0 Å². The van der Waals surface area contributed by atoms with Crippen LogP contribution in [-0.2, 0) is 4.79 Å². The highest BCUT2D eigenvalue weighted by Crippen LogP contribution is 2.02. The van der Waals surface area contributed by atoms with Gasteiger partial charge in [0.15, 0.2) is 0 Å². The monoisotopic (exact) mass is 190 g/mol. The highest BCUT2D eigenvalue weighted by Gasteiger charge is 2.17. The SMILES string of the molecule is CC(Cl)C(=O)NC1CCCNC1. The van der Waals surface area contributed by atoms with E-state index in [1.54, 1.807) is 6.92 Å². The molecule has 1 aliphatic rings. The van der Waals surface area contributed by atoms with Crippen LogP contribution < -0.4 is 10.6 Å². The molecule has 0 aromatic rings. The normalized spacial score (nSPS) is 26.3. The fourth-order valence-electron chi connectivity index (χ4n) is 1.29. The van der Waals surface area contributed by atoms with E-state index < -0.39 is 5.38 Å². The Morgan fingerprint density at radius 1 is 1.75 bits per heavy atom. The summed E-state index contributed by atoms with van der Waals surface area (Å²) in [6, 6.07) is 0.271. The average molecular weight is 191 g/mol. The molecule has 0 aromatic carbocycles. The molecule has 0 aromatic heterocycles. The van der Waals surface area contributed by atoms with Gasteiger partial charge in [-0.15, -0.1) is 11.6 Å². The molecule has 1 amide bonds. The van der Waals surface area contributed by atoms with Crippen molar-refractivity contribution in [2.45, 2.75) is 31.2 Å². The third kappa shape index (κ3) is 2.99. The first-order valence-corrected chi connectivity index (χ1v) is 4.79. The molecule has 1 fully saturated rings. The fourth-order valence-corrected chi connectivity index (χ4v) is 1.35. The highest BCUT2D eigenvalue weighted by molar-refractivity contribution is 6.30. The molecule has 0 saturated carbocycles. The van der Waals surface area contributed by atoms with Crippen LogP contribution in [0.15, 0.2) is 0 Å². The summed E-state index contributed by atoms with van der Waals surface area (Å²) in [6.45, 7) is 3.62. The molecule has 0 aliphatic carbocycles. The maximum Gasteiger partial charge on any atom is 0.238 e. The summed E-state index contributed by atoms with van der Waals surface area (Å²) < 4.78 is 0. The predicted octanol–water partition coefficient (Wildman–Crippen LogP) is 0.482. The van der Waals surface area contributed by atoms with Gasteiger partial charge in [-0.05, 0) is 26.3 Å². The van der Waals surface area contributed by atoms with E-state index in [1.165, 1.54) is 0 Å². The lowest BCUT2D eigenvalue weighted by Crippen LogP contribution is -2.47.